The van der Waals surface area contributed by atoms with Gasteiger partial charge in [0.05, 0.1) is 26.9 Å². The molecule has 0 saturated carbocycles. The minimum atomic E-state index is -0.878. The first-order chi connectivity index (χ1) is 16.6. The Labute approximate surface area is 204 Å². The van der Waals surface area contributed by atoms with Crippen molar-refractivity contribution in [1.29, 1.82) is 0 Å². The molecule has 206 valence electrons. The van der Waals surface area contributed by atoms with Crippen molar-refractivity contribution in [3.63, 3.8) is 0 Å². The van der Waals surface area contributed by atoms with Crippen molar-refractivity contribution in [3.05, 3.63) is 0 Å². The quantitative estimate of drug-likeness (QED) is 0.0369. The molecule has 12 N–H and O–H groups in total. The molecule has 35 heavy (non-hydrogen) atoms. The molecule has 0 aromatic carbocycles. The Morgan fingerprint density at radius 3 is 1.06 bits per heavy atom. The van der Waals surface area contributed by atoms with E-state index in [1.165, 1.54) is 0 Å². The Morgan fingerprint density at radius 2 is 0.829 bits per heavy atom. The first-order valence-electron chi connectivity index (χ1n) is 11.2. The van der Waals surface area contributed by atoms with Gasteiger partial charge in [0.2, 0.25) is 0 Å². The number of hydrogen-bond acceptors (Lipinski definition) is 15. The number of nitrogens with zero attached hydrogens (tertiary/aromatic N) is 1. The number of carbonyl (C=O) groups is 3. The molecule has 0 rings (SSSR count). The molecule has 0 aliphatic carbocycles. The maximum atomic E-state index is 12.0. The predicted octanol–water partition coefficient (Wildman–Crippen LogP) is -4.11. The molecule has 0 aliphatic rings. The highest BCUT2D eigenvalue weighted by atomic mass is 16.6. The van der Waals surface area contributed by atoms with Gasteiger partial charge in [0, 0.05) is 0 Å². The third-order valence-corrected chi connectivity index (χ3v) is 5.17. The maximum Gasteiger partial charge on any atom is 0.323 e. The third kappa shape index (κ3) is 15.6. The molecule has 16 nitrogen and oxygen atoms in total. The van der Waals surface area contributed by atoms with Gasteiger partial charge in [0.25, 0.3) is 0 Å². The number of rotatable bonds is 21. The van der Waals surface area contributed by atoms with Gasteiger partial charge in [-0.3, -0.25) is 14.4 Å². The van der Waals surface area contributed by atoms with E-state index < -0.39 is 36.0 Å². The standard InChI is InChI=1S/C19H42N7O9/c1-26(5-11-30-17(27)14(20)2-8-33-23,6-12-31-18(28)15(21)3-9-34-24)7-13-32-19(29)16(22)4-10-35-25/h14-16H,2-13,20-25H2,1H3/q+1/t14-,15-,16-/m0/s1. The van der Waals surface area contributed by atoms with E-state index in [-0.39, 0.29) is 63.4 Å². The van der Waals surface area contributed by atoms with Crippen molar-refractivity contribution >= 4 is 17.9 Å². The Hall–Kier alpha value is -1.99. The Kier molecular flexibility index (Phi) is 18.1. The van der Waals surface area contributed by atoms with Crippen LogP contribution in [0.25, 0.3) is 0 Å². The van der Waals surface area contributed by atoms with Gasteiger partial charge in [0.15, 0.2) is 0 Å². The lowest BCUT2D eigenvalue weighted by molar-refractivity contribution is -0.910. The largest absolute Gasteiger partial charge is 0.459 e. The van der Waals surface area contributed by atoms with E-state index in [1.54, 1.807) is 0 Å². The molecular formula is C19H42N7O9+. The fourth-order valence-electron chi connectivity index (χ4n) is 2.69. The van der Waals surface area contributed by atoms with E-state index in [0.29, 0.717) is 19.6 Å². The lowest BCUT2D eigenvalue weighted by atomic mass is 10.2. The van der Waals surface area contributed by atoms with Gasteiger partial charge in [-0.25, -0.2) is 17.7 Å². The van der Waals surface area contributed by atoms with Gasteiger partial charge < -0.3 is 50.4 Å². The smallest absolute Gasteiger partial charge is 0.323 e. The van der Waals surface area contributed by atoms with E-state index in [9.17, 15) is 14.4 Å². The molecule has 0 heterocycles. The monoisotopic (exact) mass is 512 g/mol. The minimum absolute atomic E-state index is 0.0229. The van der Waals surface area contributed by atoms with Crippen LogP contribution in [0, 0.1) is 0 Å². The second-order valence-electron chi connectivity index (χ2n) is 8.09. The molecule has 0 spiro atoms. The summed E-state index contributed by atoms with van der Waals surface area (Å²) in [5.74, 6) is 13.0. The van der Waals surface area contributed by atoms with Crippen LogP contribution in [0.2, 0.25) is 0 Å². The molecular weight excluding hydrogens is 470 g/mol. The SMILES string of the molecule is C[N+](CCOC(=O)[C@@H](N)CCON)(CCOC(=O)[C@@H](N)CCON)CCOC(=O)[C@@H](N)CCON. The highest BCUT2D eigenvalue weighted by molar-refractivity contribution is 5.76. The average Bonchev–Trinajstić information content (AvgIpc) is 2.83. The second-order valence-corrected chi connectivity index (χ2v) is 8.09. The van der Waals surface area contributed by atoms with Gasteiger partial charge in [-0.1, -0.05) is 0 Å². The second kappa shape index (κ2) is 19.2. The predicted molar refractivity (Wildman–Crippen MR) is 122 cm³/mol. The molecule has 0 fully saturated rings. The van der Waals surface area contributed by atoms with Crippen molar-refractivity contribution < 1.29 is 47.6 Å². The van der Waals surface area contributed by atoms with E-state index in [4.69, 9.17) is 49.1 Å². The number of ether oxygens (including phenoxy) is 3. The Balaban J connectivity index is 4.82. The molecule has 0 saturated heterocycles. The van der Waals surface area contributed by atoms with Crippen LogP contribution in [-0.4, -0.2) is 107 Å². The normalized spacial score (nSPS) is 14.1. The van der Waals surface area contributed by atoms with Crippen LogP contribution >= 0.6 is 0 Å². The number of esters is 3. The molecule has 0 aromatic rings. The summed E-state index contributed by atoms with van der Waals surface area (Å²) >= 11 is 0. The lowest BCUT2D eigenvalue weighted by Gasteiger charge is -2.34. The summed E-state index contributed by atoms with van der Waals surface area (Å²) in [6, 6.07) is -2.63. The number of quaternary nitrogens is 1. The van der Waals surface area contributed by atoms with Crippen molar-refractivity contribution in [1.82, 2.24) is 0 Å². The summed E-state index contributed by atoms with van der Waals surface area (Å²) in [7, 11) is 1.82. The van der Waals surface area contributed by atoms with E-state index in [0.717, 1.165) is 0 Å². The molecule has 0 bridgehead atoms. The summed E-state index contributed by atoms with van der Waals surface area (Å²) in [5, 5.41) is 0. The Bertz CT molecular complexity index is 536. The van der Waals surface area contributed by atoms with Crippen molar-refractivity contribution in [2.75, 3.05) is 66.3 Å². The highest BCUT2D eigenvalue weighted by Crippen LogP contribution is 2.05. The fraction of sp³-hybridized carbons (Fsp3) is 0.842. The van der Waals surface area contributed by atoms with Crippen molar-refractivity contribution in [3.8, 4) is 0 Å². The van der Waals surface area contributed by atoms with E-state index in [2.05, 4.69) is 14.5 Å². The number of likely N-dealkylation sites (N-methyl/N-ethyl adjacent to an activating group) is 1. The molecule has 0 aromatic heterocycles. The highest BCUT2D eigenvalue weighted by Gasteiger charge is 2.26. The summed E-state index contributed by atoms with van der Waals surface area (Å²) < 4.78 is 15.9. The molecule has 0 aliphatic heterocycles. The van der Waals surface area contributed by atoms with Gasteiger partial charge in [-0.05, 0) is 19.3 Å². The minimum Gasteiger partial charge on any atom is -0.459 e. The summed E-state index contributed by atoms with van der Waals surface area (Å²) in [5.41, 5.74) is 17.2. The first-order valence-corrected chi connectivity index (χ1v) is 11.2. The first kappa shape index (κ1) is 33.0. The summed E-state index contributed by atoms with van der Waals surface area (Å²) in [4.78, 5) is 49.2. The topological polar surface area (TPSA) is 263 Å². The third-order valence-electron chi connectivity index (χ3n) is 5.17. The van der Waals surface area contributed by atoms with Crippen LogP contribution < -0.4 is 34.9 Å². The molecule has 16 heteroatoms. The Morgan fingerprint density at radius 1 is 0.571 bits per heavy atom. The number of hydrogen-bond donors (Lipinski definition) is 6. The fourth-order valence-corrected chi connectivity index (χ4v) is 2.69. The van der Waals surface area contributed by atoms with Crippen molar-refractivity contribution in [2.24, 2.45) is 34.9 Å². The molecule has 3 atom stereocenters. The number of carbonyl (C=O) groups excluding carboxylic acids is 3. The summed E-state index contributed by atoms with van der Waals surface area (Å²) in [6.45, 7) is 1.36. The van der Waals surface area contributed by atoms with Crippen molar-refractivity contribution in [2.45, 2.75) is 37.4 Å². The maximum absolute atomic E-state index is 12.0. The van der Waals surface area contributed by atoms with Gasteiger partial charge in [0.1, 0.15) is 57.6 Å². The van der Waals surface area contributed by atoms with Crippen LogP contribution in [0.15, 0.2) is 0 Å². The van der Waals surface area contributed by atoms with Gasteiger partial charge >= 0.3 is 17.9 Å². The van der Waals surface area contributed by atoms with Crippen LogP contribution in [0.4, 0.5) is 0 Å². The molecule has 0 unspecified atom stereocenters. The molecule has 0 radical (unpaired) electrons. The average molecular weight is 513 g/mol. The molecule has 0 amide bonds. The lowest BCUT2D eigenvalue weighted by Crippen LogP contribution is -2.52. The zero-order valence-electron chi connectivity index (χ0n) is 20.3. The van der Waals surface area contributed by atoms with Gasteiger partial charge in [-0.2, -0.15) is 0 Å². The number of nitrogens with two attached hydrogens (primary N) is 6. The van der Waals surface area contributed by atoms with Crippen LogP contribution in [0.1, 0.15) is 19.3 Å². The zero-order chi connectivity index (χ0) is 26.7. The van der Waals surface area contributed by atoms with Crippen LogP contribution in [-0.2, 0) is 43.1 Å². The van der Waals surface area contributed by atoms with E-state index >= 15 is 0 Å². The summed E-state index contributed by atoms with van der Waals surface area (Å²) in [6.07, 6.45) is 0.620. The van der Waals surface area contributed by atoms with Crippen LogP contribution in [0.5, 0.6) is 0 Å². The van der Waals surface area contributed by atoms with E-state index in [1.807, 2.05) is 7.05 Å². The van der Waals surface area contributed by atoms with Gasteiger partial charge in [-0.15, -0.1) is 0 Å². The zero-order valence-corrected chi connectivity index (χ0v) is 20.3. The van der Waals surface area contributed by atoms with Crippen LogP contribution in [0.3, 0.4) is 0 Å².